The van der Waals surface area contributed by atoms with E-state index in [1.165, 1.54) is 0 Å². The Labute approximate surface area is 73.8 Å². The maximum atomic E-state index is 9.66. The van der Waals surface area contributed by atoms with Crippen LogP contribution in [0.2, 0.25) is 0 Å². The lowest BCUT2D eigenvalue weighted by Gasteiger charge is -2.21. The van der Waals surface area contributed by atoms with Gasteiger partial charge in [-0.25, -0.2) is 0 Å². The molecule has 0 spiro atoms. The molecule has 1 rings (SSSR count). The van der Waals surface area contributed by atoms with Gasteiger partial charge < -0.3 is 10.8 Å². The molecule has 0 aromatic heterocycles. The van der Waals surface area contributed by atoms with Gasteiger partial charge in [-0.3, -0.25) is 0 Å². The van der Waals surface area contributed by atoms with Crippen LogP contribution in [0.4, 0.5) is 0 Å². The number of rotatable bonds is 3. The van der Waals surface area contributed by atoms with Crippen LogP contribution in [0.1, 0.15) is 19.8 Å². The van der Waals surface area contributed by atoms with Gasteiger partial charge >= 0.3 is 0 Å². The predicted molar refractivity (Wildman–Crippen MR) is 50.7 cm³/mol. The maximum absolute atomic E-state index is 9.66. The Bertz CT molecular complexity index is 196. The molecule has 0 bridgehead atoms. The summed E-state index contributed by atoms with van der Waals surface area (Å²) in [5.74, 6) is 0.469. The number of nitrogens with two attached hydrogens (primary N) is 1. The van der Waals surface area contributed by atoms with Gasteiger partial charge in [0.05, 0.1) is 6.10 Å². The largest absolute Gasteiger partial charge is 0.389 e. The Kier molecular flexibility index (Phi) is 3.50. The lowest BCUT2D eigenvalue weighted by Crippen LogP contribution is -2.20. The van der Waals surface area contributed by atoms with Crippen LogP contribution in [0.5, 0.6) is 0 Å². The van der Waals surface area contributed by atoms with Crippen molar-refractivity contribution in [3.05, 3.63) is 23.8 Å². The van der Waals surface area contributed by atoms with E-state index in [9.17, 15) is 5.11 Å². The van der Waals surface area contributed by atoms with E-state index in [2.05, 4.69) is 13.0 Å². The van der Waals surface area contributed by atoms with E-state index < -0.39 is 0 Å². The SMILES string of the molecule is CC1CC=CC=C1C(O)CCN. The highest BCUT2D eigenvalue weighted by Crippen LogP contribution is 2.23. The van der Waals surface area contributed by atoms with Crippen molar-refractivity contribution in [3.63, 3.8) is 0 Å². The van der Waals surface area contributed by atoms with Gasteiger partial charge in [-0.2, -0.15) is 0 Å². The average molecular weight is 167 g/mol. The number of allylic oxidation sites excluding steroid dienone is 3. The molecule has 0 heterocycles. The lowest BCUT2D eigenvalue weighted by molar-refractivity contribution is 0.190. The van der Waals surface area contributed by atoms with Gasteiger partial charge in [0, 0.05) is 0 Å². The average Bonchev–Trinajstić information content (AvgIpc) is 2.05. The highest BCUT2D eigenvalue weighted by molar-refractivity contribution is 5.23. The molecule has 0 fully saturated rings. The van der Waals surface area contributed by atoms with Gasteiger partial charge in [-0.15, -0.1) is 0 Å². The first-order valence-corrected chi connectivity index (χ1v) is 4.50. The van der Waals surface area contributed by atoms with Gasteiger partial charge in [0.25, 0.3) is 0 Å². The van der Waals surface area contributed by atoms with Crippen LogP contribution in [0, 0.1) is 5.92 Å². The standard InChI is InChI=1S/C10H17NO/c1-8-4-2-3-5-9(8)10(12)6-7-11/h2-3,5,8,10,12H,4,6-7,11H2,1H3. The summed E-state index contributed by atoms with van der Waals surface area (Å²) >= 11 is 0. The summed E-state index contributed by atoms with van der Waals surface area (Å²) in [6.07, 6.45) is 7.51. The van der Waals surface area contributed by atoms with Crippen molar-refractivity contribution in [2.75, 3.05) is 6.54 Å². The first kappa shape index (κ1) is 9.49. The second kappa shape index (κ2) is 4.43. The zero-order chi connectivity index (χ0) is 8.97. The van der Waals surface area contributed by atoms with E-state index in [1.54, 1.807) is 0 Å². The van der Waals surface area contributed by atoms with Gasteiger partial charge in [-0.05, 0) is 30.9 Å². The highest BCUT2D eigenvalue weighted by atomic mass is 16.3. The van der Waals surface area contributed by atoms with Crippen molar-refractivity contribution in [1.29, 1.82) is 0 Å². The van der Waals surface area contributed by atoms with Crippen LogP contribution in [0.25, 0.3) is 0 Å². The zero-order valence-electron chi connectivity index (χ0n) is 7.53. The molecule has 3 N–H and O–H groups in total. The molecule has 68 valence electrons. The fraction of sp³-hybridized carbons (Fsp3) is 0.600. The molecule has 0 saturated heterocycles. The number of aliphatic hydroxyl groups is 1. The second-order valence-electron chi connectivity index (χ2n) is 3.32. The number of hydrogen-bond acceptors (Lipinski definition) is 2. The third-order valence-electron chi connectivity index (χ3n) is 2.31. The molecule has 2 nitrogen and oxygen atoms in total. The van der Waals surface area contributed by atoms with Gasteiger partial charge in [0.2, 0.25) is 0 Å². The van der Waals surface area contributed by atoms with Crippen molar-refractivity contribution in [2.24, 2.45) is 11.7 Å². The van der Waals surface area contributed by atoms with E-state index in [-0.39, 0.29) is 6.10 Å². The van der Waals surface area contributed by atoms with E-state index in [0.717, 1.165) is 12.0 Å². The molecule has 0 radical (unpaired) electrons. The molecule has 2 atom stereocenters. The third-order valence-corrected chi connectivity index (χ3v) is 2.31. The highest BCUT2D eigenvalue weighted by Gasteiger charge is 2.16. The van der Waals surface area contributed by atoms with E-state index in [1.807, 2.05) is 12.2 Å². The molecule has 0 aromatic rings. The Balaban J connectivity index is 2.58. The van der Waals surface area contributed by atoms with Crippen molar-refractivity contribution in [1.82, 2.24) is 0 Å². The molecule has 2 unspecified atom stereocenters. The molecule has 1 aliphatic rings. The minimum Gasteiger partial charge on any atom is -0.389 e. The van der Waals surface area contributed by atoms with Crippen molar-refractivity contribution in [2.45, 2.75) is 25.9 Å². The molecule has 0 aliphatic heterocycles. The molecule has 2 heteroatoms. The first-order valence-electron chi connectivity index (χ1n) is 4.50. The minimum atomic E-state index is -0.338. The molecule has 1 aliphatic carbocycles. The fourth-order valence-corrected chi connectivity index (χ4v) is 1.53. The maximum Gasteiger partial charge on any atom is 0.0767 e. The monoisotopic (exact) mass is 167 g/mol. The fourth-order valence-electron chi connectivity index (χ4n) is 1.53. The Hall–Kier alpha value is -0.600. The predicted octanol–water partition coefficient (Wildman–Crippen LogP) is 1.22. The quantitative estimate of drug-likeness (QED) is 0.664. The van der Waals surface area contributed by atoms with E-state index in [0.29, 0.717) is 18.9 Å². The Morgan fingerprint density at radius 2 is 2.50 bits per heavy atom. The molecule has 0 amide bonds. The van der Waals surface area contributed by atoms with Gasteiger partial charge in [0.15, 0.2) is 0 Å². The second-order valence-corrected chi connectivity index (χ2v) is 3.32. The van der Waals surface area contributed by atoms with E-state index >= 15 is 0 Å². The van der Waals surface area contributed by atoms with Gasteiger partial charge in [0.1, 0.15) is 0 Å². The summed E-state index contributed by atoms with van der Waals surface area (Å²) in [5, 5.41) is 9.66. The van der Waals surface area contributed by atoms with Crippen LogP contribution < -0.4 is 5.73 Å². The van der Waals surface area contributed by atoms with Crippen LogP contribution in [-0.4, -0.2) is 17.8 Å². The lowest BCUT2D eigenvalue weighted by atomic mass is 9.88. The van der Waals surface area contributed by atoms with Crippen molar-refractivity contribution in [3.8, 4) is 0 Å². The smallest absolute Gasteiger partial charge is 0.0767 e. The normalized spacial score (nSPS) is 25.2. The molecular formula is C10H17NO. The minimum absolute atomic E-state index is 0.338. The van der Waals surface area contributed by atoms with Crippen LogP contribution in [0.3, 0.4) is 0 Å². The third kappa shape index (κ3) is 2.19. The summed E-state index contributed by atoms with van der Waals surface area (Å²) in [6.45, 7) is 2.68. The van der Waals surface area contributed by atoms with Crippen LogP contribution in [0.15, 0.2) is 23.8 Å². The summed E-state index contributed by atoms with van der Waals surface area (Å²) < 4.78 is 0. The molecular weight excluding hydrogens is 150 g/mol. The van der Waals surface area contributed by atoms with Crippen LogP contribution >= 0.6 is 0 Å². The Morgan fingerprint density at radius 3 is 3.08 bits per heavy atom. The molecule has 0 aromatic carbocycles. The number of aliphatic hydroxyl groups excluding tert-OH is 1. The van der Waals surface area contributed by atoms with Crippen molar-refractivity contribution >= 4 is 0 Å². The summed E-state index contributed by atoms with van der Waals surface area (Å²) in [6, 6.07) is 0. The summed E-state index contributed by atoms with van der Waals surface area (Å²) in [7, 11) is 0. The summed E-state index contributed by atoms with van der Waals surface area (Å²) in [5.41, 5.74) is 6.50. The van der Waals surface area contributed by atoms with E-state index in [4.69, 9.17) is 5.73 Å². The Morgan fingerprint density at radius 1 is 1.75 bits per heavy atom. The van der Waals surface area contributed by atoms with Gasteiger partial charge in [-0.1, -0.05) is 25.2 Å². The molecule has 12 heavy (non-hydrogen) atoms. The van der Waals surface area contributed by atoms with Crippen LogP contribution in [-0.2, 0) is 0 Å². The summed E-state index contributed by atoms with van der Waals surface area (Å²) in [4.78, 5) is 0. The first-order chi connectivity index (χ1) is 5.75. The molecule has 0 saturated carbocycles. The zero-order valence-corrected chi connectivity index (χ0v) is 7.53. The van der Waals surface area contributed by atoms with Crippen molar-refractivity contribution < 1.29 is 5.11 Å². The number of hydrogen-bond donors (Lipinski definition) is 2. The topological polar surface area (TPSA) is 46.2 Å².